The van der Waals surface area contributed by atoms with Crippen LogP contribution in [0.4, 0.5) is 4.79 Å². The van der Waals surface area contributed by atoms with Gasteiger partial charge in [0.1, 0.15) is 29.1 Å². The number of benzene rings is 2. The molecular formula is C30H34ClN5O4. The van der Waals surface area contributed by atoms with Gasteiger partial charge in [0.05, 0.1) is 18.2 Å². The van der Waals surface area contributed by atoms with Crippen molar-refractivity contribution >= 4 is 28.9 Å². The molecule has 2 aromatic carbocycles. The van der Waals surface area contributed by atoms with Crippen molar-refractivity contribution in [3.8, 4) is 23.0 Å². The standard InChI is InChI=1S/C30H34ClN5O4/c1-29(2,3)40-28(37)32-15-8-16-38-21-11-12-22(23(31)17-21)25-35-24-26(36(25)18-20-9-6-5-7-10-20)33-19-34-27(24)39-30(4)13-14-30/h5-7,9-12,17,19H,8,13-16,18H2,1-4H3,(H,32,37). The second-order valence-corrected chi connectivity index (χ2v) is 11.6. The molecule has 2 heterocycles. The molecular weight excluding hydrogens is 530 g/mol. The van der Waals surface area contributed by atoms with Crippen molar-refractivity contribution in [1.29, 1.82) is 0 Å². The molecule has 0 aliphatic heterocycles. The Kier molecular flexibility index (Phi) is 7.85. The number of alkyl carbamates (subject to hydrolysis) is 1. The minimum absolute atomic E-state index is 0.205. The number of hydrogen-bond acceptors (Lipinski definition) is 7. The van der Waals surface area contributed by atoms with E-state index in [-0.39, 0.29) is 5.60 Å². The van der Waals surface area contributed by atoms with Crippen molar-refractivity contribution in [3.63, 3.8) is 0 Å². The summed E-state index contributed by atoms with van der Waals surface area (Å²) in [5.74, 6) is 1.78. The molecule has 1 aliphatic rings. The van der Waals surface area contributed by atoms with Crippen LogP contribution < -0.4 is 14.8 Å². The van der Waals surface area contributed by atoms with E-state index in [4.69, 9.17) is 30.8 Å². The molecule has 1 aliphatic carbocycles. The largest absolute Gasteiger partial charge is 0.493 e. The molecule has 1 saturated carbocycles. The second-order valence-electron chi connectivity index (χ2n) is 11.2. The van der Waals surface area contributed by atoms with Crippen molar-refractivity contribution in [2.45, 2.75) is 64.7 Å². The molecule has 2 aromatic heterocycles. The normalized spacial score (nSPS) is 14.1. The third-order valence-corrected chi connectivity index (χ3v) is 6.73. The Bertz CT molecular complexity index is 1500. The van der Waals surface area contributed by atoms with Gasteiger partial charge in [0.2, 0.25) is 5.88 Å². The van der Waals surface area contributed by atoms with Crippen LogP contribution in [0.2, 0.25) is 5.02 Å². The van der Waals surface area contributed by atoms with E-state index in [0.29, 0.717) is 59.8 Å². The summed E-state index contributed by atoms with van der Waals surface area (Å²) in [6.07, 6.45) is 3.67. The van der Waals surface area contributed by atoms with Crippen molar-refractivity contribution in [3.05, 3.63) is 65.4 Å². The Labute approximate surface area is 238 Å². The van der Waals surface area contributed by atoms with Crippen LogP contribution in [0, 0.1) is 0 Å². The Morgan fingerprint density at radius 1 is 1.12 bits per heavy atom. The number of nitrogens with zero attached hydrogens (tertiary/aromatic N) is 4. The van der Waals surface area contributed by atoms with E-state index < -0.39 is 11.7 Å². The van der Waals surface area contributed by atoms with Crippen LogP contribution in [0.1, 0.15) is 52.5 Å². The molecule has 10 heteroatoms. The van der Waals surface area contributed by atoms with E-state index in [1.807, 2.05) is 55.7 Å². The zero-order valence-corrected chi connectivity index (χ0v) is 24.0. The fourth-order valence-corrected chi connectivity index (χ4v) is 4.41. The molecule has 0 atom stereocenters. The molecule has 0 saturated heterocycles. The van der Waals surface area contributed by atoms with Crippen LogP contribution >= 0.6 is 11.6 Å². The van der Waals surface area contributed by atoms with Gasteiger partial charge >= 0.3 is 6.09 Å². The van der Waals surface area contributed by atoms with Gasteiger partial charge in [-0.2, -0.15) is 4.98 Å². The Balaban J connectivity index is 1.35. The third-order valence-electron chi connectivity index (χ3n) is 6.42. The predicted octanol–water partition coefficient (Wildman–Crippen LogP) is 6.42. The number of ether oxygens (including phenoxy) is 3. The zero-order valence-electron chi connectivity index (χ0n) is 23.2. The highest BCUT2D eigenvalue weighted by molar-refractivity contribution is 6.33. The van der Waals surface area contributed by atoms with E-state index in [0.717, 1.165) is 24.0 Å². The van der Waals surface area contributed by atoms with Crippen molar-refractivity contribution < 1.29 is 19.0 Å². The number of fused-ring (bicyclic) bond motifs is 1. The number of carbonyl (C=O) groups is 1. The number of carbonyl (C=O) groups excluding carboxylic acids is 1. The van der Waals surface area contributed by atoms with Gasteiger partial charge in [-0.15, -0.1) is 0 Å². The molecule has 0 bridgehead atoms. The van der Waals surface area contributed by atoms with Crippen molar-refractivity contribution in [2.24, 2.45) is 0 Å². The lowest BCUT2D eigenvalue weighted by atomic mass is 10.2. The first-order valence-electron chi connectivity index (χ1n) is 13.4. The van der Waals surface area contributed by atoms with E-state index in [1.54, 1.807) is 6.07 Å². The number of hydrogen-bond donors (Lipinski definition) is 1. The first-order valence-corrected chi connectivity index (χ1v) is 13.8. The Morgan fingerprint density at radius 3 is 2.60 bits per heavy atom. The number of halogens is 1. The maximum atomic E-state index is 11.8. The molecule has 1 N–H and O–H groups in total. The number of imidazole rings is 1. The fraction of sp³-hybridized carbons (Fsp3) is 0.400. The fourth-order valence-electron chi connectivity index (χ4n) is 4.16. The van der Waals surface area contributed by atoms with Gasteiger partial charge in [-0.1, -0.05) is 41.9 Å². The lowest BCUT2D eigenvalue weighted by molar-refractivity contribution is 0.0525. The number of aromatic nitrogens is 4. The van der Waals surface area contributed by atoms with Gasteiger partial charge < -0.3 is 24.1 Å². The summed E-state index contributed by atoms with van der Waals surface area (Å²) in [4.78, 5) is 25.7. The van der Waals surface area contributed by atoms with Gasteiger partial charge in [-0.3, -0.25) is 0 Å². The first kappa shape index (κ1) is 27.7. The van der Waals surface area contributed by atoms with E-state index in [2.05, 4.69) is 34.3 Å². The Hall–Kier alpha value is -3.85. The summed E-state index contributed by atoms with van der Waals surface area (Å²) in [5, 5.41) is 3.23. The second kappa shape index (κ2) is 11.3. The van der Waals surface area contributed by atoms with Crippen LogP contribution in [0.3, 0.4) is 0 Å². The monoisotopic (exact) mass is 563 g/mol. The zero-order chi connectivity index (χ0) is 28.3. The van der Waals surface area contributed by atoms with Crippen molar-refractivity contribution in [2.75, 3.05) is 13.2 Å². The average molecular weight is 564 g/mol. The summed E-state index contributed by atoms with van der Waals surface area (Å²) >= 11 is 6.79. The first-order chi connectivity index (χ1) is 19.1. The van der Waals surface area contributed by atoms with Gasteiger partial charge in [-0.25, -0.2) is 14.8 Å². The van der Waals surface area contributed by atoms with Gasteiger partial charge in [0.25, 0.3) is 0 Å². The Morgan fingerprint density at radius 2 is 1.90 bits per heavy atom. The van der Waals surface area contributed by atoms with Crippen LogP contribution in [-0.2, 0) is 11.3 Å². The highest BCUT2D eigenvalue weighted by atomic mass is 35.5. The summed E-state index contributed by atoms with van der Waals surface area (Å²) in [5.41, 5.74) is 2.41. The third kappa shape index (κ3) is 6.83. The molecule has 4 aromatic rings. The molecule has 1 amide bonds. The lowest BCUT2D eigenvalue weighted by Gasteiger charge is -2.19. The molecule has 9 nitrogen and oxygen atoms in total. The van der Waals surface area contributed by atoms with Crippen LogP contribution in [0.15, 0.2) is 54.9 Å². The molecule has 0 spiro atoms. The molecule has 0 radical (unpaired) electrons. The molecule has 0 unspecified atom stereocenters. The summed E-state index contributed by atoms with van der Waals surface area (Å²) in [7, 11) is 0. The minimum atomic E-state index is -0.530. The maximum Gasteiger partial charge on any atom is 0.407 e. The van der Waals surface area contributed by atoms with E-state index in [1.165, 1.54) is 6.33 Å². The topological polar surface area (TPSA) is 100 Å². The van der Waals surface area contributed by atoms with Gasteiger partial charge in [-0.05, 0) is 70.7 Å². The van der Waals surface area contributed by atoms with Gasteiger partial charge in [0.15, 0.2) is 11.2 Å². The number of amides is 1. The number of rotatable bonds is 10. The lowest BCUT2D eigenvalue weighted by Crippen LogP contribution is -2.33. The minimum Gasteiger partial charge on any atom is -0.493 e. The summed E-state index contributed by atoms with van der Waals surface area (Å²) in [6.45, 7) is 8.96. The SMILES string of the molecule is CC(C)(C)OC(=O)NCCCOc1ccc(-c2nc3c(OC4(C)CC4)ncnc3n2Cc2ccccc2)c(Cl)c1. The average Bonchev–Trinajstić information content (AvgIpc) is 3.51. The smallest absolute Gasteiger partial charge is 0.407 e. The quantitative estimate of drug-likeness (QED) is 0.222. The molecule has 5 rings (SSSR count). The molecule has 40 heavy (non-hydrogen) atoms. The molecule has 1 fully saturated rings. The maximum absolute atomic E-state index is 11.8. The number of nitrogens with one attached hydrogen (secondary N) is 1. The van der Waals surface area contributed by atoms with Gasteiger partial charge in [0, 0.05) is 12.1 Å². The highest BCUT2D eigenvalue weighted by Gasteiger charge is 2.41. The highest BCUT2D eigenvalue weighted by Crippen LogP contribution is 2.41. The summed E-state index contributed by atoms with van der Waals surface area (Å²) < 4.78 is 19.4. The summed E-state index contributed by atoms with van der Waals surface area (Å²) in [6, 6.07) is 15.7. The van der Waals surface area contributed by atoms with Crippen LogP contribution in [0.25, 0.3) is 22.6 Å². The van der Waals surface area contributed by atoms with E-state index in [9.17, 15) is 4.79 Å². The molecule has 210 valence electrons. The van der Waals surface area contributed by atoms with E-state index >= 15 is 0 Å². The van der Waals surface area contributed by atoms with Crippen LogP contribution in [-0.4, -0.2) is 50.0 Å². The van der Waals surface area contributed by atoms with Crippen molar-refractivity contribution in [1.82, 2.24) is 24.8 Å². The van der Waals surface area contributed by atoms with Crippen LogP contribution in [0.5, 0.6) is 11.6 Å². The predicted molar refractivity (Wildman–Crippen MR) is 154 cm³/mol.